The second kappa shape index (κ2) is 15.5. The van der Waals surface area contributed by atoms with E-state index in [0.717, 1.165) is 36.1 Å². The number of nitrogens with zero attached hydrogens (tertiary/aromatic N) is 2. The quantitative estimate of drug-likeness (QED) is 0.223. The summed E-state index contributed by atoms with van der Waals surface area (Å²) >= 11 is 1.24. The van der Waals surface area contributed by atoms with Crippen LogP contribution < -0.4 is 10.6 Å². The molecule has 0 fully saturated rings. The number of alkyl halides is 1. The maximum Gasteiger partial charge on any atom is 0.158 e. The molecular formula is C33H41FN4OS. The van der Waals surface area contributed by atoms with Gasteiger partial charge in [0.1, 0.15) is 17.8 Å². The number of benzene rings is 2. The Kier molecular flexibility index (Phi) is 12.1. The molecule has 0 saturated carbocycles. The zero-order valence-corrected chi connectivity index (χ0v) is 24.8. The molecule has 212 valence electrons. The van der Waals surface area contributed by atoms with Crippen molar-refractivity contribution in [3.05, 3.63) is 95.1 Å². The molecule has 0 amide bonds. The largest absolute Gasteiger partial charge is 0.389 e. The fourth-order valence-electron chi connectivity index (χ4n) is 5.07. The molecule has 3 N–H and O–H groups in total. The number of fused-ring (bicyclic) bond motifs is 1. The second-order valence-corrected chi connectivity index (χ2v) is 10.9. The van der Waals surface area contributed by atoms with Crippen molar-refractivity contribution in [2.75, 3.05) is 11.9 Å². The molecule has 0 aliphatic heterocycles. The lowest BCUT2D eigenvalue weighted by Gasteiger charge is -2.31. The van der Waals surface area contributed by atoms with E-state index in [2.05, 4.69) is 52.8 Å². The number of allylic oxidation sites excluding steroid dienone is 2. The van der Waals surface area contributed by atoms with Crippen LogP contribution >= 0.6 is 11.5 Å². The minimum Gasteiger partial charge on any atom is -0.389 e. The number of aromatic nitrogens is 1. The van der Waals surface area contributed by atoms with Gasteiger partial charge in [-0.05, 0) is 91.9 Å². The lowest BCUT2D eigenvalue weighted by atomic mass is 9.86. The van der Waals surface area contributed by atoms with Crippen molar-refractivity contribution >= 4 is 17.4 Å². The molecule has 40 heavy (non-hydrogen) atoms. The van der Waals surface area contributed by atoms with Crippen LogP contribution in [0.25, 0.3) is 10.4 Å². The van der Waals surface area contributed by atoms with Gasteiger partial charge in [0, 0.05) is 12.6 Å². The topological polar surface area (TPSA) is 81.0 Å². The summed E-state index contributed by atoms with van der Waals surface area (Å²) in [5.74, 6) is 0.408. The van der Waals surface area contributed by atoms with Gasteiger partial charge in [-0.1, -0.05) is 61.5 Å². The zero-order chi connectivity index (χ0) is 29.1. The van der Waals surface area contributed by atoms with Crippen molar-refractivity contribution < 1.29 is 9.50 Å². The first-order valence-corrected chi connectivity index (χ1v) is 14.7. The summed E-state index contributed by atoms with van der Waals surface area (Å²) in [5.41, 5.74) is 5.99. The normalized spacial score (nSPS) is 16.9. The molecule has 2 aromatic carbocycles. The molecule has 1 heterocycles. The van der Waals surface area contributed by atoms with Gasteiger partial charge < -0.3 is 15.7 Å². The first-order chi connectivity index (χ1) is 19.3. The fraction of sp³-hybridized carbons (Fsp3) is 0.394. The lowest BCUT2D eigenvalue weighted by Crippen LogP contribution is -2.43. The first-order valence-electron chi connectivity index (χ1n) is 14.0. The number of nitriles is 1. The number of aliphatic hydroxyl groups is 1. The molecule has 0 bridgehead atoms. The molecule has 1 aliphatic carbocycles. The van der Waals surface area contributed by atoms with Crippen LogP contribution in [0, 0.1) is 11.3 Å². The van der Waals surface area contributed by atoms with Crippen LogP contribution in [0.4, 0.5) is 10.2 Å². The minimum atomic E-state index is -1.16. The van der Waals surface area contributed by atoms with Crippen molar-refractivity contribution in [3.63, 3.8) is 0 Å². The minimum absolute atomic E-state index is 0.161. The van der Waals surface area contributed by atoms with Gasteiger partial charge in [0.25, 0.3) is 0 Å². The number of aryl methyl sites for hydroxylation is 2. The third kappa shape index (κ3) is 8.11. The van der Waals surface area contributed by atoms with Gasteiger partial charge in [0.15, 0.2) is 5.82 Å². The molecule has 0 saturated heterocycles. The molecule has 4 unspecified atom stereocenters. The summed E-state index contributed by atoms with van der Waals surface area (Å²) < 4.78 is 18.4. The van der Waals surface area contributed by atoms with Crippen LogP contribution in [-0.2, 0) is 12.8 Å². The molecule has 4 atom stereocenters. The second-order valence-electron chi connectivity index (χ2n) is 10.1. The Bertz CT molecular complexity index is 1310. The summed E-state index contributed by atoms with van der Waals surface area (Å²) in [4.78, 5) is 0.767. The Morgan fingerprint density at radius 2 is 2.02 bits per heavy atom. The van der Waals surface area contributed by atoms with Gasteiger partial charge in [-0.15, -0.1) is 6.58 Å². The highest BCUT2D eigenvalue weighted by Crippen LogP contribution is 2.34. The number of nitrogens with one attached hydrogen (secondary N) is 2. The molecular weight excluding hydrogens is 519 g/mol. The SMILES string of the molecule is C=CC.CCc1ccc2c(c1)C(NCC(O)C(Nc1nsc(-c3ccccc3)c1C#N)/C(C)=C/C(C)F)CCC2. The molecule has 3 aromatic rings. The fourth-order valence-corrected chi connectivity index (χ4v) is 5.87. The highest BCUT2D eigenvalue weighted by molar-refractivity contribution is 7.10. The molecule has 4 rings (SSSR count). The highest BCUT2D eigenvalue weighted by Gasteiger charge is 2.27. The van der Waals surface area contributed by atoms with Crippen LogP contribution in [0.1, 0.15) is 68.8 Å². The van der Waals surface area contributed by atoms with Crippen LogP contribution in [0.15, 0.2) is 72.8 Å². The van der Waals surface area contributed by atoms with E-state index in [1.165, 1.54) is 41.2 Å². The first kappa shape index (κ1) is 31.2. The number of rotatable bonds is 10. The number of aliphatic hydroxyl groups excluding tert-OH is 1. The highest BCUT2D eigenvalue weighted by atomic mass is 32.1. The summed E-state index contributed by atoms with van der Waals surface area (Å²) in [7, 11) is 0. The maximum atomic E-state index is 13.9. The van der Waals surface area contributed by atoms with Crippen LogP contribution in [0.5, 0.6) is 0 Å². The number of hydrogen-bond acceptors (Lipinski definition) is 6. The maximum absolute atomic E-state index is 13.9. The van der Waals surface area contributed by atoms with E-state index in [1.807, 2.05) is 37.3 Å². The molecule has 7 heteroatoms. The van der Waals surface area contributed by atoms with Gasteiger partial charge in [-0.25, -0.2) is 4.39 Å². The summed E-state index contributed by atoms with van der Waals surface area (Å²) in [6.07, 6.45) is 5.40. The number of halogens is 1. The van der Waals surface area contributed by atoms with Crippen molar-refractivity contribution in [2.24, 2.45) is 0 Å². The van der Waals surface area contributed by atoms with E-state index in [9.17, 15) is 14.8 Å². The summed E-state index contributed by atoms with van der Waals surface area (Å²) in [6, 6.07) is 18.2. The molecule has 5 nitrogen and oxygen atoms in total. The zero-order valence-electron chi connectivity index (χ0n) is 24.0. The van der Waals surface area contributed by atoms with Crippen LogP contribution in [0.2, 0.25) is 0 Å². The van der Waals surface area contributed by atoms with Crippen molar-refractivity contribution in [1.29, 1.82) is 5.26 Å². The van der Waals surface area contributed by atoms with E-state index in [0.29, 0.717) is 23.5 Å². The Hall–Kier alpha value is -3.31. The monoisotopic (exact) mass is 560 g/mol. The summed E-state index contributed by atoms with van der Waals surface area (Å²) in [5, 5.41) is 28.1. The van der Waals surface area contributed by atoms with E-state index in [1.54, 1.807) is 13.0 Å². The summed E-state index contributed by atoms with van der Waals surface area (Å²) in [6.45, 7) is 11.0. The van der Waals surface area contributed by atoms with Gasteiger partial charge in [-0.2, -0.15) is 9.64 Å². The average Bonchev–Trinajstić information content (AvgIpc) is 3.37. The Morgan fingerprint density at radius 3 is 2.67 bits per heavy atom. The van der Waals surface area contributed by atoms with Gasteiger partial charge in [0.2, 0.25) is 0 Å². The van der Waals surface area contributed by atoms with E-state index < -0.39 is 18.3 Å². The Morgan fingerprint density at radius 1 is 1.30 bits per heavy atom. The number of anilines is 1. The van der Waals surface area contributed by atoms with Gasteiger partial charge in [-0.3, -0.25) is 0 Å². The number of hydrogen-bond donors (Lipinski definition) is 3. The van der Waals surface area contributed by atoms with Crippen molar-refractivity contribution in [1.82, 2.24) is 9.69 Å². The van der Waals surface area contributed by atoms with Crippen LogP contribution in [0.3, 0.4) is 0 Å². The third-order valence-corrected chi connectivity index (χ3v) is 7.90. The van der Waals surface area contributed by atoms with E-state index in [-0.39, 0.29) is 6.04 Å². The van der Waals surface area contributed by atoms with E-state index in [4.69, 9.17) is 0 Å². The Labute approximate surface area is 242 Å². The molecule has 1 aromatic heterocycles. The van der Waals surface area contributed by atoms with Crippen molar-refractivity contribution in [3.8, 4) is 16.5 Å². The van der Waals surface area contributed by atoms with Gasteiger partial charge in [0.05, 0.1) is 17.0 Å². The van der Waals surface area contributed by atoms with Gasteiger partial charge >= 0.3 is 0 Å². The van der Waals surface area contributed by atoms with E-state index >= 15 is 0 Å². The molecule has 1 aliphatic rings. The average molecular weight is 561 g/mol. The standard InChI is InChI=1S/C30H35FN4OS.C3H6/c1-4-21-13-14-22-11-8-12-26(24(22)16-21)33-18-27(36)28(19(2)15-20(3)31)34-30-25(17-32)29(37-35-30)23-9-6-5-7-10-23;1-3-2/h5-7,9-10,13-16,20,26-28,33,36H,4,8,11-12,18H2,1-3H3,(H,34,35);3H,1H2,2H3/b19-15+;. The van der Waals surface area contributed by atoms with Crippen LogP contribution in [-0.4, -0.2) is 34.3 Å². The lowest BCUT2D eigenvalue weighted by molar-refractivity contribution is 0.154. The predicted octanol–water partition coefficient (Wildman–Crippen LogP) is 7.55. The molecule has 0 spiro atoms. The van der Waals surface area contributed by atoms with Crippen molar-refractivity contribution in [2.45, 2.75) is 77.7 Å². The smallest absolute Gasteiger partial charge is 0.158 e. The predicted molar refractivity (Wildman–Crippen MR) is 165 cm³/mol. The molecule has 0 radical (unpaired) electrons. The third-order valence-electron chi connectivity index (χ3n) is 7.01. The Balaban J connectivity index is 0.00000141.